The van der Waals surface area contributed by atoms with Crippen molar-refractivity contribution in [3.05, 3.63) is 34.2 Å². The average molecular weight is 294 g/mol. The van der Waals surface area contributed by atoms with Gasteiger partial charge in [-0.1, -0.05) is 0 Å². The highest BCUT2D eigenvalue weighted by Crippen LogP contribution is 2.37. The van der Waals surface area contributed by atoms with Gasteiger partial charge in [-0.05, 0) is 39.5 Å². The number of fused-ring (bicyclic) bond motifs is 3. The maximum atomic E-state index is 5.31. The van der Waals surface area contributed by atoms with E-state index in [1.54, 1.807) is 18.4 Å². The lowest BCUT2D eigenvalue weighted by Gasteiger charge is -2.07. The fraction of sp³-hybridized carbons (Fsp3) is 0.0833. The molecule has 80 valence electrons. The third-order valence-corrected chi connectivity index (χ3v) is 4.23. The number of ether oxygens (including phenoxy) is 1. The van der Waals surface area contributed by atoms with Crippen LogP contribution in [0.25, 0.3) is 21.0 Å². The van der Waals surface area contributed by atoms with Gasteiger partial charge in [-0.15, -0.1) is 11.3 Å². The molecule has 0 fully saturated rings. The normalized spacial score (nSPS) is 11.1. The Kier molecular flexibility index (Phi) is 2.33. The molecule has 0 spiro atoms. The molecule has 3 rings (SSSR count). The first-order valence-electron chi connectivity index (χ1n) is 4.79. The monoisotopic (exact) mass is 293 g/mol. The molecule has 0 saturated carbocycles. The van der Waals surface area contributed by atoms with Crippen LogP contribution in [-0.2, 0) is 0 Å². The highest BCUT2D eigenvalue weighted by atomic mass is 79.9. The molecule has 0 bridgehead atoms. The van der Waals surface area contributed by atoms with Crippen LogP contribution < -0.4 is 4.74 Å². The number of rotatable bonds is 1. The largest absolute Gasteiger partial charge is 0.496 e. The summed E-state index contributed by atoms with van der Waals surface area (Å²) in [5.41, 5.74) is 0.985. The number of thiophene rings is 1. The van der Waals surface area contributed by atoms with Crippen LogP contribution >= 0.6 is 27.3 Å². The predicted molar refractivity (Wildman–Crippen MR) is 71.4 cm³/mol. The zero-order valence-corrected chi connectivity index (χ0v) is 10.9. The van der Waals surface area contributed by atoms with Gasteiger partial charge in [0.25, 0.3) is 0 Å². The zero-order chi connectivity index (χ0) is 11.1. The summed E-state index contributed by atoms with van der Waals surface area (Å²) in [5, 5.41) is 4.43. The van der Waals surface area contributed by atoms with Crippen LogP contribution in [0, 0.1) is 0 Å². The van der Waals surface area contributed by atoms with Crippen molar-refractivity contribution in [2.45, 2.75) is 0 Å². The Hall–Kier alpha value is -1.13. The van der Waals surface area contributed by atoms with E-state index in [4.69, 9.17) is 4.74 Å². The number of methoxy groups -OCH3 is 1. The fourth-order valence-corrected chi connectivity index (χ4v) is 3.30. The number of pyridine rings is 1. The highest BCUT2D eigenvalue weighted by molar-refractivity contribution is 9.10. The Labute approximate surface area is 105 Å². The average Bonchev–Trinajstić information content (AvgIpc) is 2.77. The van der Waals surface area contributed by atoms with Gasteiger partial charge < -0.3 is 4.74 Å². The van der Waals surface area contributed by atoms with Gasteiger partial charge in [0.05, 0.1) is 21.8 Å². The SMILES string of the molecule is COc1ccc2ncc3sccc3c2c1Br. The van der Waals surface area contributed by atoms with Gasteiger partial charge in [-0.25, -0.2) is 0 Å². The maximum absolute atomic E-state index is 5.31. The van der Waals surface area contributed by atoms with Crippen molar-refractivity contribution in [3.63, 3.8) is 0 Å². The molecule has 2 heterocycles. The lowest BCUT2D eigenvalue weighted by molar-refractivity contribution is 0.413. The summed E-state index contributed by atoms with van der Waals surface area (Å²) in [6, 6.07) is 6.03. The van der Waals surface area contributed by atoms with Crippen LogP contribution in [-0.4, -0.2) is 12.1 Å². The van der Waals surface area contributed by atoms with E-state index >= 15 is 0 Å². The number of nitrogens with zero attached hydrogens (tertiary/aromatic N) is 1. The zero-order valence-electron chi connectivity index (χ0n) is 8.53. The van der Waals surface area contributed by atoms with Crippen molar-refractivity contribution in [1.82, 2.24) is 4.98 Å². The second kappa shape index (κ2) is 3.71. The minimum Gasteiger partial charge on any atom is -0.496 e. The minimum atomic E-state index is 0.841. The summed E-state index contributed by atoms with van der Waals surface area (Å²) in [6.45, 7) is 0. The number of aromatic nitrogens is 1. The van der Waals surface area contributed by atoms with Crippen LogP contribution in [0.2, 0.25) is 0 Å². The van der Waals surface area contributed by atoms with Crippen LogP contribution in [0.5, 0.6) is 5.75 Å². The Bertz CT molecular complexity index is 677. The van der Waals surface area contributed by atoms with E-state index in [1.807, 2.05) is 18.3 Å². The first-order valence-corrected chi connectivity index (χ1v) is 6.47. The summed E-state index contributed by atoms with van der Waals surface area (Å²) >= 11 is 5.29. The second-order valence-electron chi connectivity index (χ2n) is 3.43. The van der Waals surface area contributed by atoms with Gasteiger partial charge in [0.2, 0.25) is 0 Å². The molecule has 0 aliphatic rings. The molecular formula is C12H8BrNOS. The molecular weight excluding hydrogens is 286 g/mol. The van der Waals surface area contributed by atoms with Crippen LogP contribution in [0.1, 0.15) is 0 Å². The van der Waals surface area contributed by atoms with Crippen LogP contribution in [0.4, 0.5) is 0 Å². The first kappa shape index (κ1) is 10.1. The Morgan fingerprint density at radius 1 is 1.31 bits per heavy atom. The molecule has 0 atom stereocenters. The van der Waals surface area contributed by atoms with Gasteiger partial charge in [0, 0.05) is 17.0 Å². The van der Waals surface area contributed by atoms with E-state index in [2.05, 4.69) is 32.4 Å². The predicted octanol–water partition coefficient (Wildman–Crippen LogP) is 4.22. The fourth-order valence-electron chi connectivity index (χ4n) is 1.82. The molecule has 0 N–H and O–H groups in total. The lowest BCUT2D eigenvalue weighted by Crippen LogP contribution is -1.87. The smallest absolute Gasteiger partial charge is 0.133 e. The molecule has 4 heteroatoms. The van der Waals surface area contributed by atoms with Gasteiger partial charge >= 0.3 is 0 Å². The third-order valence-electron chi connectivity index (χ3n) is 2.59. The molecule has 0 amide bonds. The Balaban J connectivity index is 2.55. The summed E-state index contributed by atoms with van der Waals surface area (Å²) in [6.07, 6.45) is 1.92. The molecule has 0 unspecified atom stereocenters. The molecule has 0 aliphatic heterocycles. The molecule has 0 saturated heterocycles. The van der Waals surface area contributed by atoms with E-state index in [0.29, 0.717) is 0 Å². The molecule has 2 aromatic heterocycles. The molecule has 1 aromatic carbocycles. The topological polar surface area (TPSA) is 22.1 Å². The van der Waals surface area contributed by atoms with Crippen molar-refractivity contribution in [3.8, 4) is 5.75 Å². The molecule has 16 heavy (non-hydrogen) atoms. The number of halogens is 1. The van der Waals surface area contributed by atoms with Crippen molar-refractivity contribution >= 4 is 48.3 Å². The molecule has 3 aromatic rings. The summed E-state index contributed by atoms with van der Waals surface area (Å²) in [5.74, 6) is 0.841. The lowest BCUT2D eigenvalue weighted by atomic mass is 10.1. The second-order valence-corrected chi connectivity index (χ2v) is 5.17. The summed E-state index contributed by atoms with van der Waals surface area (Å²) in [7, 11) is 1.67. The van der Waals surface area contributed by atoms with Gasteiger partial charge in [-0.3, -0.25) is 4.98 Å². The van der Waals surface area contributed by atoms with E-state index in [0.717, 1.165) is 21.1 Å². The van der Waals surface area contributed by atoms with Gasteiger partial charge in [0.15, 0.2) is 0 Å². The van der Waals surface area contributed by atoms with E-state index in [9.17, 15) is 0 Å². The van der Waals surface area contributed by atoms with E-state index in [-0.39, 0.29) is 0 Å². The standard InChI is InChI=1S/C12H8BrNOS/c1-15-9-3-2-8-11(12(9)13)7-4-5-16-10(7)6-14-8/h2-6H,1H3. The van der Waals surface area contributed by atoms with Gasteiger partial charge in [-0.2, -0.15) is 0 Å². The third kappa shape index (κ3) is 1.33. The van der Waals surface area contributed by atoms with Crippen molar-refractivity contribution in [2.24, 2.45) is 0 Å². The van der Waals surface area contributed by atoms with Crippen LogP contribution in [0.3, 0.4) is 0 Å². The van der Waals surface area contributed by atoms with Gasteiger partial charge in [0.1, 0.15) is 5.75 Å². The van der Waals surface area contributed by atoms with E-state index < -0.39 is 0 Å². The van der Waals surface area contributed by atoms with Crippen LogP contribution in [0.15, 0.2) is 34.2 Å². The Morgan fingerprint density at radius 3 is 3.00 bits per heavy atom. The van der Waals surface area contributed by atoms with Crippen molar-refractivity contribution in [1.29, 1.82) is 0 Å². The minimum absolute atomic E-state index is 0.841. The summed E-state index contributed by atoms with van der Waals surface area (Å²) in [4.78, 5) is 4.44. The summed E-state index contributed by atoms with van der Waals surface area (Å²) < 4.78 is 7.48. The highest BCUT2D eigenvalue weighted by Gasteiger charge is 2.10. The molecule has 2 nitrogen and oxygen atoms in total. The number of hydrogen-bond donors (Lipinski definition) is 0. The molecule has 0 radical (unpaired) electrons. The van der Waals surface area contributed by atoms with E-state index in [1.165, 1.54) is 10.1 Å². The van der Waals surface area contributed by atoms with Crippen molar-refractivity contribution in [2.75, 3.05) is 7.11 Å². The van der Waals surface area contributed by atoms with Crippen molar-refractivity contribution < 1.29 is 4.74 Å². The molecule has 0 aliphatic carbocycles. The number of hydrogen-bond acceptors (Lipinski definition) is 3. The quantitative estimate of drug-likeness (QED) is 0.670. The number of benzene rings is 1. The maximum Gasteiger partial charge on any atom is 0.133 e. The first-order chi connectivity index (χ1) is 7.81. The Morgan fingerprint density at radius 2 is 2.19 bits per heavy atom.